The molecule has 0 spiro atoms. The highest BCUT2D eigenvalue weighted by atomic mass is 19.4. The highest BCUT2D eigenvalue weighted by molar-refractivity contribution is 5.87. The van der Waals surface area contributed by atoms with E-state index >= 15 is 0 Å². The lowest BCUT2D eigenvalue weighted by atomic mass is 10.0. The standard InChI is InChI=1S/C11H9F11O2/c1-3-4-5(2)6(23)24-11(21,22)9(16,17)7(12,13)8(14,15)10(18,19)20/h4H,3H2,1-2H3. The first-order chi connectivity index (χ1) is 10.4. The zero-order valence-electron chi connectivity index (χ0n) is 11.8. The molecule has 0 aliphatic heterocycles. The van der Waals surface area contributed by atoms with E-state index in [1.165, 1.54) is 6.92 Å². The summed E-state index contributed by atoms with van der Waals surface area (Å²) in [5, 5.41) is 0. The van der Waals surface area contributed by atoms with E-state index in [4.69, 9.17) is 0 Å². The molecule has 0 aromatic carbocycles. The van der Waals surface area contributed by atoms with Crippen molar-refractivity contribution in [3.05, 3.63) is 11.6 Å². The minimum atomic E-state index is -7.61. The van der Waals surface area contributed by atoms with Gasteiger partial charge in [-0.1, -0.05) is 13.0 Å². The number of esters is 1. The summed E-state index contributed by atoms with van der Waals surface area (Å²) in [7, 11) is 0. The molecular formula is C11H9F11O2. The molecule has 0 aromatic heterocycles. The number of hydrogen-bond donors (Lipinski definition) is 0. The Morgan fingerprint density at radius 2 is 1.25 bits per heavy atom. The van der Waals surface area contributed by atoms with Crippen LogP contribution in [-0.2, 0) is 9.53 Å². The van der Waals surface area contributed by atoms with E-state index in [1.807, 2.05) is 0 Å². The number of rotatable bonds is 6. The van der Waals surface area contributed by atoms with Crippen molar-refractivity contribution < 1.29 is 57.8 Å². The summed E-state index contributed by atoms with van der Waals surface area (Å²) in [5.74, 6) is -24.8. The van der Waals surface area contributed by atoms with Crippen LogP contribution in [-0.4, -0.2) is 36.0 Å². The molecule has 0 bridgehead atoms. The van der Waals surface area contributed by atoms with Gasteiger partial charge in [0.1, 0.15) is 0 Å². The van der Waals surface area contributed by atoms with Gasteiger partial charge in [-0.05, 0) is 13.3 Å². The van der Waals surface area contributed by atoms with Crippen molar-refractivity contribution in [1.82, 2.24) is 0 Å². The Labute approximate surface area is 127 Å². The lowest BCUT2D eigenvalue weighted by Crippen LogP contribution is -2.67. The number of carbonyl (C=O) groups excluding carboxylic acids is 1. The maximum Gasteiger partial charge on any atom is 0.473 e. The highest BCUT2D eigenvalue weighted by Crippen LogP contribution is 2.57. The van der Waals surface area contributed by atoms with E-state index < -0.39 is 41.6 Å². The van der Waals surface area contributed by atoms with E-state index in [2.05, 4.69) is 4.74 Å². The Kier molecular flexibility index (Phi) is 5.97. The average molecular weight is 382 g/mol. The van der Waals surface area contributed by atoms with Gasteiger partial charge in [0.2, 0.25) is 0 Å². The smallest absolute Gasteiger partial charge is 0.393 e. The summed E-state index contributed by atoms with van der Waals surface area (Å²) in [5.41, 5.74) is -0.779. The molecule has 0 N–H and O–H groups in total. The van der Waals surface area contributed by atoms with Crippen LogP contribution < -0.4 is 0 Å². The van der Waals surface area contributed by atoms with Crippen molar-refractivity contribution in [3.8, 4) is 0 Å². The molecule has 0 fully saturated rings. The topological polar surface area (TPSA) is 26.3 Å². The molecule has 13 heteroatoms. The molecule has 0 saturated carbocycles. The predicted octanol–water partition coefficient (Wildman–Crippen LogP) is 4.95. The van der Waals surface area contributed by atoms with Crippen LogP contribution in [0.2, 0.25) is 0 Å². The summed E-state index contributed by atoms with van der Waals surface area (Å²) in [6, 6.07) is 0. The van der Waals surface area contributed by atoms with Crippen molar-refractivity contribution in [2.45, 2.75) is 50.3 Å². The van der Waals surface area contributed by atoms with E-state index in [9.17, 15) is 53.1 Å². The maximum atomic E-state index is 13.1. The Morgan fingerprint density at radius 1 is 0.833 bits per heavy atom. The Morgan fingerprint density at radius 3 is 1.58 bits per heavy atom. The molecule has 0 heterocycles. The number of ether oxygens (including phenoxy) is 1. The second-order valence-corrected chi connectivity index (χ2v) is 4.42. The van der Waals surface area contributed by atoms with Gasteiger partial charge < -0.3 is 4.74 Å². The van der Waals surface area contributed by atoms with E-state index in [0.29, 0.717) is 0 Å². The molecule has 142 valence electrons. The molecule has 0 saturated heterocycles. The minimum Gasteiger partial charge on any atom is -0.393 e. The van der Waals surface area contributed by atoms with Crippen LogP contribution in [0.5, 0.6) is 0 Å². The third-order valence-electron chi connectivity index (χ3n) is 2.56. The van der Waals surface area contributed by atoms with E-state index in [1.54, 1.807) is 0 Å². The SMILES string of the molecule is CCC=C(C)C(=O)OC(F)(F)C(F)(F)C(F)(F)C(F)(F)C(F)(F)F. The van der Waals surface area contributed by atoms with Crippen LogP contribution in [0.25, 0.3) is 0 Å². The average Bonchev–Trinajstić information content (AvgIpc) is 2.36. The summed E-state index contributed by atoms with van der Waals surface area (Å²) in [4.78, 5) is 11.0. The number of alkyl halides is 11. The van der Waals surface area contributed by atoms with Gasteiger partial charge in [-0.3, -0.25) is 0 Å². The molecule has 0 unspecified atom stereocenters. The quantitative estimate of drug-likeness (QED) is 0.369. The fraction of sp³-hybridized carbons (Fsp3) is 0.727. The van der Waals surface area contributed by atoms with Gasteiger partial charge in [-0.2, -0.15) is 48.3 Å². The number of carbonyl (C=O) groups is 1. The molecule has 0 amide bonds. The summed E-state index contributed by atoms with van der Waals surface area (Å²) in [6.45, 7) is 2.09. The molecule has 0 rings (SSSR count). The third-order valence-corrected chi connectivity index (χ3v) is 2.56. The summed E-state index contributed by atoms with van der Waals surface area (Å²) < 4.78 is 141. The first kappa shape index (κ1) is 22.4. The first-order valence-corrected chi connectivity index (χ1v) is 5.85. The van der Waals surface area contributed by atoms with Gasteiger partial charge >= 0.3 is 36.0 Å². The van der Waals surface area contributed by atoms with Gasteiger partial charge in [-0.25, -0.2) is 4.79 Å². The van der Waals surface area contributed by atoms with Gasteiger partial charge in [0, 0.05) is 5.57 Å². The molecule has 2 nitrogen and oxygen atoms in total. The summed E-state index contributed by atoms with van der Waals surface area (Å²) in [6.07, 6.45) is -13.1. The van der Waals surface area contributed by atoms with Crippen LogP contribution in [0.3, 0.4) is 0 Å². The van der Waals surface area contributed by atoms with Crippen LogP contribution in [0.15, 0.2) is 11.6 Å². The minimum absolute atomic E-state index is 0.00873. The van der Waals surface area contributed by atoms with Crippen LogP contribution in [0.4, 0.5) is 48.3 Å². The third kappa shape index (κ3) is 3.58. The lowest BCUT2D eigenvalue weighted by molar-refractivity contribution is -0.449. The predicted molar refractivity (Wildman–Crippen MR) is 56.0 cm³/mol. The summed E-state index contributed by atoms with van der Waals surface area (Å²) >= 11 is 0. The highest BCUT2D eigenvalue weighted by Gasteiger charge is 2.88. The van der Waals surface area contributed by atoms with Gasteiger partial charge in [0.25, 0.3) is 0 Å². The van der Waals surface area contributed by atoms with Crippen molar-refractivity contribution >= 4 is 5.97 Å². The van der Waals surface area contributed by atoms with Gasteiger partial charge in [-0.15, -0.1) is 0 Å². The normalized spacial score (nSPS) is 15.5. The fourth-order valence-electron chi connectivity index (χ4n) is 1.21. The van der Waals surface area contributed by atoms with Crippen molar-refractivity contribution in [2.24, 2.45) is 0 Å². The van der Waals surface area contributed by atoms with E-state index in [-0.39, 0.29) is 6.42 Å². The molecule has 24 heavy (non-hydrogen) atoms. The molecular weight excluding hydrogens is 373 g/mol. The zero-order valence-corrected chi connectivity index (χ0v) is 11.8. The van der Waals surface area contributed by atoms with Crippen molar-refractivity contribution in [3.63, 3.8) is 0 Å². The fourth-order valence-corrected chi connectivity index (χ4v) is 1.21. The van der Waals surface area contributed by atoms with Crippen LogP contribution in [0, 0.1) is 0 Å². The monoisotopic (exact) mass is 382 g/mol. The molecule has 0 radical (unpaired) electrons. The Balaban J connectivity index is 5.86. The van der Waals surface area contributed by atoms with Crippen LogP contribution >= 0.6 is 0 Å². The maximum absolute atomic E-state index is 13.1. The molecule has 0 atom stereocenters. The van der Waals surface area contributed by atoms with E-state index in [0.717, 1.165) is 13.0 Å². The van der Waals surface area contributed by atoms with Gasteiger partial charge in [0.05, 0.1) is 0 Å². The van der Waals surface area contributed by atoms with Gasteiger partial charge in [0.15, 0.2) is 0 Å². The Bertz CT molecular complexity index is 505. The van der Waals surface area contributed by atoms with Crippen molar-refractivity contribution in [1.29, 1.82) is 0 Å². The second-order valence-electron chi connectivity index (χ2n) is 4.42. The zero-order chi connectivity index (χ0) is 19.8. The largest absolute Gasteiger partial charge is 0.473 e. The molecule has 0 aliphatic rings. The number of allylic oxidation sites excluding steroid dienone is 1. The molecule has 0 aromatic rings. The first-order valence-electron chi connectivity index (χ1n) is 5.85. The number of halogens is 11. The van der Waals surface area contributed by atoms with Crippen molar-refractivity contribution in [2.75, 3.05) is 0 Å². The Hall–Kier alpha value is -1.56. The number of hydrogen-bond acceptors (Lipinski definition) is 2. The molecule has 0 aliphatic carbocycles. The lowest BCUT2D eigenvalue weighted by Gasteiger charge is -2.36. The van der Waals surface area contributed by atoms with Crippen LogP contribution in [0.1, 0.15) is 20.3 Å². The second kappa shape index (κ2) is 6.39.